The Hall–Kier alpha value is -0.790. The second-order valence-electron chi connectivity index (χ2n) is 6.61. The van der Waals surface area contributed by atoms with Gasteiger partial charge in [-0.1, -0.05) is 26.2 Å². The fraction of sp³-hybridized carbons (Fsp3) is 0.824. The summed E-state index contributed by atoms with van der Waals surface area (Å²) < 4.78 is 0. The monoisotopic (exact) mass is 260 g/mol. The minimum Gasteiger partial charge on any atom is -0.345 e. The number of hydrogen-bond acceptors (Lipinski definition) is 1. The van der Waals surface area contributed by atoms with E-state index in [4.69, 9.17) is 4.98 Å². The van der Waals surface area contributed by atoms with Crippen LogP contribution in [0, 0.1) is 5.92 Å². The number of aryl methyl sites for hydroxylation is 2. The first kappa shape index (κ1) is 13.2. The van der Waals surface area contributed by atoms with Crippen molar-refractivity contribution < 1.29 is 0 Å². The topological polar surface area (TPSA) is 28.7 Å². The van der Waals surface area contributed by atoms with E-state index in [0.29, 0.717) is 0 Å². The molecule has 1 N–H and O–H groups in total. The number of H-pyrrole nitrogens is 1. The Morgan fingerprint density at radius 1 is 1.11 bits per heavy atom. The smallest absolute Gasteiger partial charge is 0.109 e. The van der Waals surface area contributed by atoms with Crippen molar-refractivity contribution >= 4 is 0 Å². The summed E-state index contributed by atoms with van der Waals surface area (Å²) >= 11 is 0. The van der Waals surface area contributed by atoms with E-state index in [1.54, 1.807) is 0 Å². The molecule has 0 atom stereocenters. The van der Waals surface area contributed by atoms with E-state index < -0.39 is 0 Å². The van der Waals surface area contributed by atoms with Gasteiger partial charge in [0.15, 0.2) is 0 Å². The molecule has 0 bridgehead atoms. The molecule has 0 unspecified atom stereocenters. The highest BCUT2D eigenvalue weighted by atomic mass is 14.9. The maximum Gasteiger partial charge on any atom is 0.109 e. The molecule has 2 nitrogen and oxygen atoms in total. The summed E-state index contributed by atoms with van der Waals surface area (Å²) in [6.45, 7) is 2.30. The molecule has 2 aliphatic carbocycles. The number of nitrogens with zero attached hydrogens (tertiary/aromatic N) is 1. The van der Waals surface area contributed by atoms with E-state index in [2.05, 4.69) is 11.9 Å². The van der Waals surface area contributed by atoms with Gasteiger partial charge in [-0.2, -0.15) is 0 Å². The summed E-state index contributed by atoms with van der Waals surface area (Å²) in [4.78, 5) is 8.56. The minimum atomic E-state index is 0.725. The van der Waals surface area contributed by atoms with Crippen molar-refractivity contribution in [2.45, 2.75) is 83.5 Å². The molecule has 3 rings (SSSR count). The van der Waals surface area contributed by atoms with Crippen molar-refractivity contribution in [3.63, 3.8) is 0 Å². The Kier molecular flexibility index (Phi) is 4.24. The van der Waals surface area contributed by atoms with Crippen LogP contribution in [0.2, 0.25) is 0 Å². The van der Waals surface area contributed by atoms with Crippen molar-refractivity contribution in [2.24, 2.45) is 5.92 Å². The number of hydrogen-bond donors (Lipinski definition) is 1. The van der Waals surface area contributed by atoms with E-state index in [9.17, 15) is 0 Å². The highest BCUT2D eigenvalue weighted by Gasteiger charge is 2.25. The second kappa shape index (κ2) is 6.11. The number of aromatic nitrogens is 2. The van der Waals surface area contributed by atoms with E-state index >= 15 is 0 Å². The molecular formula is C17H28N2. The van der Waals surface area contributed by atoms with Gasteiger partial charge < -0.3 is 4.98 Å². The van der Waals surface area contributed by atoms with Crippen LogP contribution in [-0.2, 0) is 12.8 Å². The molecule has 106 valence electrons. The van der Waals surface area contributed by atoms with Crippen LogP contribution in [0.1, 0.15) is 87.8 Å². The van der Waals surface area contributed by atoms with Crippen LogP contribution in [0.25, 0.3) is 0 Å². The maximum atomic E-state index is 4.91. The van der Waals surface area contributed by atoms with Crippen molar-refractivity contribution in [1.29, 1.82) is 0 Å². The summed E-state index contributed by atoms with van der Waals surface area (Å²) in [5.74, 6) is 3.05. The highest BCUT2D eigenvalue weighted by Crippen LogP contribution is 2.37. The first-order chi connectivity index (χ1) is 9.36. The number of aromatic amines is 1. The van der Waals surface area contributed by atoms with Gasteiger partial charge in [0.25, 0.3) is 0 Å². The second-order valence-corrected chi connectivity index (χ2v) is 6.61. The number of fused-ring (bicyclic) bond motifs is 1. The highest BCUT2D eigenvalue weighted by molar-refractivity contribution is 5.19. The lowest BCUT2D eigenvalue weighted by Gasteiger charge is -2.27. The van der Waals surface area contributed by atoms with Gasteiger partial charge in [-0.25, -0.2) is 4.98 Å². The standard InChI is InChI=1S/C17H28N2/c1-2-3-6-13-9-11-14(12-10-13)17-18-15-7-4-5-8-16(15)19-17/h13-14H,2-12H2,1H3,(H,18,19). The van der Waals surface area contributed by atoms with Gasteiger partial charge in [0.1, 0.15) is 5.82 Å². The van der Waals surface area contributed by atoms with E-state index in [0.717, 1.165) is 11.8 Å². The molecule has 0 aliphatic heterocycles. The third-order valence-corrected chi connectivity index (χ3v) is 5.17. The summed E-state index contributed by atoms with van der Waals surface area (Å²) in [5, 5.41) is 0. The average molecular weight is 260 g/mol. The number of rotatable bonds is 4. The number of nitrogens with one attached hydrogen (secondary N) is 1. The lowest BCUT2D eigenvalue weighted by Crippen LogP contribution is -2.14. The zero-order chi connectivity index (χ0) is 13.1. The van der Waals surface area contributed by atoms with Gasteiger partial charge in [0.05, 0.1) is 5.69 Å². The minimum absolute atomic E-state index is 0.725. The van der Waals surface area contributed by atoms with Crippen molar-refractivity contribution in [2.75, 3.05) is 0 Å². The Morgan fingerprint density at radius 3 is 2.63 bits per heavy atom. The molecular weight excluding hydrogens is 232 g/mol. The molecule has 1 aromatic rings. The molecule has 0 aromatic carbocycles. The molecule has 0 radical (unpaired) electrons. The van der Waals surface area contributed by atoms with Gasteiger partial charge in [0, 0.05) is 11.6 Å². The van der Waals surface area contributed by atoms with Gasteiger partial charge in [-0.15, -0.1) is 0 Å². The summed E-state index contributed by atoms with van der Waals surface area (Å²) in [6.07, 6.45) is 14.9. The molecule has 1 fully saturated rings. The van der Waals surface area contributed by atoms with Crippen LogP contribution in [0.15, 0.2) is 0 Å². The van der Waals surface area contributed by atoms with Gasteiger partial charge >= 0.3 is 0 Å². The van der Waals surface area contributed by atoms with E-state index in [1.807, 2.05) is 0 Å². The Labute approximate surface area is 117 Å². The van der Waals surface area contributed by atoms with Crippen molar-refractivity contribution in [1.82, 2.24) is 9.97 Å². The van der Waals surface area contributed by atoms with Crippen LogP contribution in [0.4, 0.5) is 0 Å². The molecule has 0 saturated heterocycles. The van der Waals surface area contributed by atoms with Gasteiger partial charge in [-0.05, 0) is 57.3 Å². The molecule has 19 heavy (non-hydrogen) atoms. The van der Waals surface area contributed by atoms with E-state index in [-0.39, 0.29) is 0 Å². The molecule has 1 heterocycles. The summed E-state index contributed by atoms with van der Waals surface area (Å²) in [7, 11) is 0. The van der Waals surface area contributed by atoms with Crippen LogP contribution >= 0.6 is 0 Å². The SMILES string of the molecule is CCCCC1CCC(c2nc3c([nH]2)CCCC3)CC1. The largest absolute Gasteiger partial charge is 0.345 e. The summed E-state index contributed by atoms with van der Waals surface area (Å²) in [5.41, 5.74) is 2.84. The maximum absolute atomic E-state index is 4.91. The van der Waals surface area contributed by atoms with Crippen LogP contribution in [0.3, 0.4) is 0 Å². The van der Waals surface area contributed by atoms with Gasteiger partial charge in [0.2, 0.25) is 0 Å². The van der Waals surface area contributed by atoms with Crippen molar-refractivity contribution in [3.05, 3.63) is 17.2 Å². The fourth-order valence-electron chi connectivity index (χ4n) is 3.89. The molecule has 1 aromatic heterocycles. The zero-order valence-electron chi connectivity index (χ0n) is 12.4. The predicted molar refractivity (Wildman–Crippen MR) is 79.5 cm³/mol. The quantitative estimate of drug-likeness (QED) is 0.831. The molecule has 0 spiro atoms. The zero-order valence-corrected chi connectivity index (χ0v) is 12.4. The van der Waals surface area contributed by atoms with Crippen LogP contribution in [-0.4, -0.2) is 9.97 Å². The first-order valence-electron chi connectivity index (χ1n) is 8.44. The number of imidazole rings is 1. The average Bonchev–Trinajstić information content (AvgIpc) is 2.89. The third kappa shape index (κ3) is 3.04. The van der Waals surface area contributed by atoms with Crippen molar-refractivity contribution in [3.8, 4) is 0 Å². The van der Waals surface area contributed by atoms with Gasteiger partial charge in [-0.3, -0.25) is 0 Å². The Morgan fingerprint density at radius 2 is 1.89 bits per heavy atom. The third-order valence-electron chi connectivity index (χ3n) is 5.17. The lowest BCUT2D eigenvalue weighted by atomic mass is 9.79. The lowest BCUT2D eigenvalue weighted by molar-refractivity contribution is 0.299. The Balaban J connectivity index is 1.57. The fourth-order valence-corrected chi connectivity index (χ4v) is 3.89. The molecule has 1 saturated carbocycles. The number of unbranched alkanes of at least 4 members (excludes halogenated alkanes) is 1. The van der Waals surface area contributed by atoms with Crippen LogP contribution < -0.4 is 0 Å². The normalized spacial score (nSPS) is 27.2. The molecule has 0 amide bonds. The first-order valence-corrected chi connectivity index (χ1v) is 8.44. The Bertz CT molecular complexity index is 376. The van der Waals surface area contributed by atoms with E-state index in [1.165, 1.54) is 87.8 Å². The molecule has 2 heteroatoms. The van der Waals surface area contributed by atoms with Crippen LogP contribution in [0.5, 0.6) is 0 Å². The predicted octanol–water partition coefficient (Wildman–Crippen LogP) is 4.75. The molecule has 2 aliphatic rings. The summed E-state index contributed by atoms with van der Waals surface area (Å²) in [6, 6.07) is 0.